The summed E-state index contributed by atoms with van der Waals surface area (Å²) in [5.41, 5.74) is 1.53. The normalized spacial score (nSPS) is 16.0. The molecule has 94 valence electrons. The molecule has 5 nitrogen and oxygen atoms in total. The summed E-state index contributed by atoms with van der Waals surface area (Å²) < 4.78 is 0. The molecule has 2 heterocycles. The van der Waals surface area contributed by atoms with Gasteiger partial charge in [0.05, 0.1) is 16.8 Å². The smallest absolute Gasteiger partial charge is 0.307 e. The second-order valence-electron chi connectivity index (χ2n) is 3.86. The predicted octanol–water partition coefficient (Wildman–Crippen LogP) is 2.01. The zero-order valence-electron chi connectivity index (χ0n) is 9.70. The summed E-state index contributed by atoms with van der Waals surface area (Å²) in [5.74, 6) is 0.480. The molecule has 0 fully saturated rings. The van der Waals surface area contributed by atoms with Crippen molar-refractivity contribution in [1.29, 1.82) is 0 Å². The van der Waals surface area contributed by atoms with Crippen molar-refractivity contribution in [3.8, 4) is 5.88 Å². The quantitative estimate of drug-likeness (QED) is 0.876. The highest BCUT2D eigenvalue weighted by Gasteiger charge is 2.10. The van der Waals surface area contributed by atoms with Gasteiger partial charge in [0.1, 0.15) is 0 Å². The van der Waals surface area contributed by atoms with Gasteiger partial charge in [-0.1, -0.05) is 41.7 Å². The van der Waals surface area contributed by atoms with Gasteiger partial charge in [0.25, 0.3) is 0 Å². The van der Waals surface area contributed by atoms with Crippen molar-refractivity contribution in [2.75, 3.05) is 0 Å². The summed E-state index contributed by atoms with van der Waals surface area (Å²) >= 11 is 0.930. The summed E-state index contributed by atoms with van der Waals surface area (Å²) in [5, 5.41) is 9.49. The lowest BCUT2D eigenvalue weighted by Gasteiger charge is -1.94. The Labute approximate surface area is 112 Å². The molecule has 2 aromatic rings. The Morgan fingerprint density at radius 2 is 2.05 bits per heavy atom. The van der Waals surface area contributed by atoms with Gasteiger partial charge < -0.3 is 5.11 Å². The van der Waals surface area contributed by atoms with Gasteiger partial charge in [-0.05, 0) is 6.08 Å². The minimum absolute atomic E-state index is 0.140. The van der Waals surface area contributed by atoms with Crippen LogP contribution in [0.1, 0.15) is 10.4 Å². The standard InChI is InChI=1S/C13H9N3O2S/c17-12-10(19-13(18)16-12)6-9-7-14-11(15-9)8-4-2-1-3-5-8/h1-7,17H,(H,16,18). The number of aliphatic imine (C=N–C) groups is 2. The number of H-pyrrole nitrogens is 1. The van der Waals surface area contributed by atoms with Gasteiger partial charge in [0.2, 0.25) is 5.88 Å². The molecule has 1 aromatic heterocycles. The fourth-order valence-electron chi connectivity index (χ4n) is 1.67. The molecule has 6 heteroatoms. The number of nitrogens with one attached hydrogen (secondary N) is 1. The van der Waals surface area contributed by atoms with Crippen LogP contribution in [-0.2, 0) is 0 Å². The first-order chi connectivity index (χ1) is 9.22. The molecule has 0 saturated carbocycles. The van der Waals surface area contributed by atoms with Crippen molar-refractivity contribution in [2.45, 2.75) is 0 Å². The van der Waals surface area contributed by atoms with Crippen LogP contribution in [0.4, 0.5) is 0 Å². The third-order valence-corrected chi connectivity index (χ3v) is 3.34. The Morgan fingerprint density at radius 3 is 2.74 bits per heavy atom. The first kappa shape index (κ1) is 11.6. The fourth-order valence-corrected chi connectivity index (χ4v) is 2.34. The predicted molar refractivity (Wildman–Crippen MR) is 76.1 cm³/mol. The van der Waals surface area contributed by atoms with Gasteiger partial charge >= 0.3 is 4.87 Å². The highest BCUT2D eigenvalue weighted by Crippen LogP contribution is 2.21. The maximum Gasteiger partial charge on any atom is 0.307 e. The average Bonchev–Trinajstić information content (AvgIpc) is 2.99. The number of hydrogen-bond donors (Lipinski definition) is 2. The van der Waals surface area contributed by atoms with E-state index in [1.807, 2.05) is 30.3 Å². The van der Waals surface area contributed by atoms with Gasteiger partial charge in [-0.3, -0.25) is 9.78 Å². The highest BCUT2D eigenvalue weighted by atomic mass is 32.1. The van der Waals surface area contributed by atoms with Crippen molar-refractivity contribution in [3.05, 3.63) is 56.1 Å². The number of rotatable bonds is 2. The maximum atomic E-state index is 11.1. The van der Waals surface area contributed by atoms with Crippen molar-refractivity contribution in [3.63, 3.8) is 0 Å². The van der Waals surface area contributed by atoms with E-state index in [-0.39, 0.29) is 10.8 Å². The zero-order chi connectivity index (χ0) is 13.2. The molecule has 19 heavy (non-hydrogen) atoms. The van der Waals surface area contributed by atoms with E-state index in [0.717, 1.165) is 16.9 Å². The van der Waals surface area contributed by atoms with E-state index in [2.05, 4.69) is 15.0 Å². The Hall–Kier alpha value is -2.47. The number of aromatic nitrogens is 1. The Bertz CT molecular complexity index is 754. The third-order valence-electron chi connectivity index (χ3n) is 2.52. The molecule has 1 aliphatic rings. The molecule has 0 atom stereocenters. The van der Waals surface area contributed by atoms with E-state index in [4.69, 9.17) is 0 Å². The minimum Gasteiger partial charge on any atom is -0.493 e. The van der Waals surface area contributed by atoms with E-state index in [1.54, 1.807) is 12.3 Å². The number of thiazole rings is 1. The fraction of sp³-hybridized carbons (Fsp3) is 0. The molecule has 0 bridgehead atoms. The van der Waals surface area contributed by atoms with E-state index < -0.39 is 0 Å². The molecule has 3 rings (SSSR count). The molecule has 1 aromatic carbocycles. The number of allylic oxidation sites excluding steroid dienone is 1. The van der Waals surface area contributed by atoms with Crippen LogP contribution < -0.4 is 4.87 Å². The van der Waals surface area contributed by atoms with Crippen molar-refractivity contribution >= 4 is 29.5 Å². The monoisotopic (exact) mass is 271 g/mol. The summed E-state index contributed by atoms with van der Waals surface area (Å²) in [4.78, 5) is 22.1. The third kappa shape index (κ3) is 2.38. The summed E-state index contributed by atoms with van der Waals surface area (Å²) in [6, 6.07) is 9.60. The van der Waals surface area contributed by atoms with Crippen molar-refractivity contribution in [2.24, 2.45) is 9.98 Å². The lowest BCUT2D eigenvalue weighted by atomic mass is 10.2. The molecule has 0 radical (unpaired) electrons. The van der Waals surface area contributed by atoms with Gasteiger partial charge in [-0.25, -0.2) is 9.98 Å². The topological polar surface area (TPSA) is 77.8 Å². The number of nitrogens with zero attached hydrogens (tertiary/aromatic N) is 2. The summed E-state index contributed by atoms with van der Waals surface area (Å²) in [6.45, 7) is 0. The molecule has 0 saturated heterocycles. The van der Waals surface area contributed by atoms with Crippen LogP contribution in [0.3, 0.4) is 0 Å². The first-order valence-corrected chi connectivity index (χ1v) is 6.36. The number of amidine groups is 1. The lowest BCUT2D eigenvalue weighted by Crippen LogP contribution is -1.91. The number of benzene rings is 1. The van der Waals surface area contributed by atoms with Crippen LogP contribution in [-0.4, -0.2) is 22.1 Å². The average molecular weight is 271 g/mol. The molecule has 0 aliphatic carbocycles. The SMILES string of the molecule is O=c1[nH]c(O)c(C=C2C=NC(c3ccccc3)=N2)s1. The maximum absolute atomic E-state index is 11.1. The Morgan fingerprint density at radius 1 is 1.26 bits per heavy atom. The Balaban J connectivity index is 1.94. The van der Waals surface area contributed by atoms with Crippen LogP contribution in [0, 0.1) is 0 Å². The molecular weight excluding hydrogens is 262 g/mol. The van der Waals surface area contributed by atoms with Gasteiger partial charge in [-0.15, -0.1) is 0 Å². The van der Waals surface area contributed by atoms with Crippen LogP contribution in [0.2, 0.25) is 0 Å². The van der Waals surface area contributed by atoms with E-state index in [1.165, 1.54) is 0 Å². The lowest BCUT2D eigenvalue weighted by molar-refractivity contribution is 0.455. The van der Waals surface area contributed by atoms with Crippen molar-refractivity contribution < 1.29 is 5.11 Å². The van der Waals surface area contributed by atoms with E-state index >= 15 is 0 Å². The van der Waals surface area contributed by atoms with Crippen LogP contribution in [0.5, 0.6) is 5.88 Å². The second kappa shape index (κ2) is 4.66. The second-order valence-corrected chi connectivity index (χ2v) is 4.87. The van der Waals surface area contributed by atoms with Gasteiger partial charge in [-0.2, -0.15) is 0 Å². The molecule has 0 amide bonds. The van der Waals surface area contributed by atoms with Crippen LogP contribution >= 0.6 is 11.3 Å². The van der Waals surface area contributed by atoms with E-state index in [0.29, 0.717) is 16.4 Å². The number of hydrogen-bond acceptors (Lipinski definition) is 5. The number of aromatic hydroxyl groups is 1. The molecule has 0 spiro atoms. The van der Waals surface area contributed by atoms with Crippen LogP contribution in [0.25, 0.3) is 6.08 Å². The molecular formula is C13H9N3O2S. The van der Waals surface area contributed by atoms with Crippen molar-refractivity contribution in [1.82, 2.24) is 4.98 Å². The van der Waals surface area contributed by atoms with E-state index in [9.17, 15) is 9.90 Å². The Kier molecular flexibility index (Phi) is 2.85. The summed E-state index contributed by atoms with van der Waals surface area (Å²) in [7, 11) is 0. The highest BCUT2D eigenvalue weighted by molar-refractivity contribution is 7.10. The summed E-state index contributed by atoms with van der Waals surface area (Å²) in [6.07, 6.45) is 3.23. The number of aromatic amines is 1. The first-order valence-electron chi connectivity index (χ1n) is 5.54. The molecule has 0 unspecified atom stereocenters. The molecule has 1 aliphatic heterocycles. The van der Waals surface area contributed by atoms with Gasteiger partial charge in [0, 0.05) is 5.56 Å². The van der Waals surface area contributed by atoms with Crippen LogP contribution in [0.15, 0.2) is 50.8 Å². The zero-order valence-corrected chi connectivity index (χ0v) is 10.5. The largest absolute Gasteiger partial charge is 0.493 e. The van der Waals surface area contributed by atoms with Gasteiger partial charge in [0.15, 0.2) is 5.84 Å². The minimum atomic E-state index is -0.299. The molecule has 2 N–H and O–H groups in total.